The van der Waals surface area contributed by atoms with E-state index in [1.807, 2.05) is 55.5 Å². The molecule has 0 aliphatic carbocycles. The van der Waals surface area contributed by atoms with E-state index in [-0.39, 0.29) is 18.9 Å². The lowest BCUT2D eigenvalue weighted by atomic mass is 9.96. The third-order valence-corrected chi connectivity index (χ3v) is 5.75. The van der Waals surface area contributed by atoms with Gasteiger partial charge in [0.1, 0.15) is 6.04 Å². The maximum absolute atomic E-state index is 12.9. The van der Waals surface area contributed by atoms with Crippen molar-refractivity contribution >= 4 is 11.9 Å². The van der Waals surface area contributed by atoms with Crippen molar-refractivity contribution in [3.05, 3.63) is 54.1 Å². The van der Waals surface area contributed by atoms with Crippen LogP contribution in [0, 0.1) is 5.92 Å². The quantitative estimate of drug-likeness (QED) is 0.314. The number of benzene rings is 2. The standard InChI is InChI=1S/C24H29N5O5/c1-3-4-9-20(30)29(21(24(33)34)15(2)23(31)32)14-16-10-12-17(13-11-16)18-7-5-6-8-19(18)22-25-27-28-26-22/h5-8,10-13,15,21,23,31-32H,3-4,9,14H2,1-2H3,(H,33,34)(H,25,26,27,28)/t15?,21-/m0/s1. The molecule has 0 aliphatic rings. The van der Waals surface area contributed by atoms with E-state index in [0.717, 1.165) is 28.7 Å². The van der Waals surface area contributed by atoms with Gasteiger partial charge in [0.2, 0.25) is 11.7 Å². The van der Waals surface area contributed by atoms with Crippen molar-refractivity contribution < 1.29 is 24.9 Å². The number of hydrogen-bond donors (Lipinski definition) is 4. The van der Waals surface area contributed by atoms with E-state index in [0.29, 0.717) is 12.2 Å². The Kier molecular flexibility index (Phi) is 8.44. The van der Waals surface area contributed by atoms with Gasteiger partial charge in [0.25, 0.3) is 0 Å². The molecular weight excluding hydrogens is 438 g/mol. The SMILES string of the molecule is CCCCC(=O)N(Cc1ccc(-c2ccccc2-c2nn[nH]n2)cc1)[C@H](C(=O)O)C(C)C(O)O. The number of hydrogen-bond acceptors (Lipinski definition) is 7. The molecule has 0 aliphatic heterocycles. The van der Waals surface area contributed by atoms with E-state index in [4.69, 9.17) is 0 Å². The Morgan fingerprint density at radius 3 is 2.29 bits per heavy atom. The van der Waals surface area contributed by atoms with Gasteiger partial charge >= 0.3 is 5.97 Å². The zero-order valence-corrected chi connectivity index (χ0v) is 19.1. The molecule has 0 saturated carbocycles. The second kappa shape index (κ2) is 11.5. The molecule has 0 spiro atoms. The van der Waals surface area contributed by atoms with Crippen LogP contribution in [-0.4, -0.2) is 65.1 Å². The van der Waals surface area contributed by atoms with Crippen LogP contribution in [0.3, 0.4) is 0 Å². The van der Waals surface area contributed by atoms with E-state index in [1.165, 1.54) is 11.8 Å². The van der Waals surface area contributed by atoms with Crippen LogP contribution in [0.15, 0.2) is 48.5 Å². The number of aromatic nitrogens is 4. The maximum atomic E-state index is 12.9. The molecule has 3 aromatic rings. The molecule has 2 aromatic carbocycles. The molecule has 0 fully saturated rings. The highest BCUT2D eigenvalue weighted by Crippen LogP contribution is 2.30. The molecule has 1 amide bonds. The van der Waals surface area contributed by atoms with Gasteiger partial charge in [-0.1, -0.05) is 68.8 Å². The third-order valence-electron chi connectivity index (χ3n) is 5.75. The van der Waals surface area contributed by atoms with E-state index in [2.05, 4.69) is 20.6 Å². The summed E-state index contributed by atoms with van der Waals surface area (Å²) >= 11 is 0. The number of aliphatic hydroxyl groups is 2. The fourth-order valence-corrected chi connectivity index (χ4v) is 3.81. The van der Waals surface area contributed by atoms with Gasteiger partial charge in [-0.2, -0.15) is 5.21 Å². The Labute approximate surface area is 197 Å². The minimum atomic E-state index is -1.87. The molecule has 0 saturated heterocycles. The first-order valence-electron chi connectivity index (χ1n) is 11.1. The Hall–Kier alpha value is -3.63. The fourth-order valence-electron chi connectivity index (χ4n) is 3.81. The average molecular weight is 468 g/mol. The summed E-state index contributed by atoms with van der Waals surface area (Å²) < 4.78 is 0. The number of aromatic amines is 1. The number of carbonyl (C=O) groups excluding carboxylic acids is 1. The van der Waals surface area contributed by atoms with Crippen LogP contribution in [0.4, 0.5) is 0 Å². The molecule has 180 valence electrons. The van der Waals surface area contributed by atoms with Crippen molar-refractivity contribution in [2.75, 3.05) is 0 Å². The lowest BCUT2D eigenvalue weighted by Gasteiger charge is -2.33. The van der Waals surface area contributed by atoms with Crippen LogP contribution in [0.5, 0.6) is 0 Å². The smallest absolute Gasteiger partial charge is 0.326 e. The molecule has 4 N–H and O–H groups in total. The largest absolute Gasteiger partial charge is 0.480 e. The molecule has 3 rings (SSSR count). The minimum absolute atomic E-state index is 0.0311. The van der Waals surface area contributed by atoms with Crippen LogP contribution in [0.1, 0.15) is 38.7 Å². The van der Waals surface area contributed by atoms with Gasteiger partial charge < -0.3 is 20.2 Å². The number of carboxylic acid groups (broad SMARTS) is 1. The lowest BCUT2D eigenvalue weighted by Crippen LogP contribution is -2.51. The first-order valence-corrected chi connectivity index (χ1v) is 11.1. The molecule has 1 heterocycles. The molecular formula is C24H29N5O5. The number of aliphatic carboxylic acids is 1. The maximum Gasteiger partial charge on any atom is 0.326 e. The van der Waals surface area contributed by atoms with E-state index in [1.54, 1.807) is 0 Å². The first kappa shape index (κ1) is 25.0. The van der Waals surface area contributed by atoms with Crippen LogP contribution >= 0.6 is 0 Å². The van der Waals surface area contributed by atoms with Crippen molar-refractivity contribution in [1.29, 1.82) is 0 Å². The third kappa shape index (κ3) is 5.83. The van der Waals surface area contributed by atoms with Crippen LogP contribution < -0.4 is 0 Å². The molecule has 2 atom stereocenters. The number of rotatable bonds is 11. The van der Waals surface area contributed by atoms with Crippen molar-refractivity contribution in [3.63, 3.8) is 0 Å². The number of H-pyrrole nitrogens is 1. The zero-order valence-electron chi connectivity index (χ0n) is 19.1. The summed E-state index contributed by atoms with van der Waals surface area (Å²) in [6.07, 6.45) is -0.287. The topological polar surface area (TPSA) is 153 Å². The van der Waals surface area contributed by atoms with Gasteiger partial charge in [-0.25, -0.2) is 4.79 Å². The second-order valence-corrected chi connectivity index (χ2v) is 8.16. The summed E-state index contributed by atoms with van der Waals surface area (Å²) in [5.74, 6) is -2.22. The number of carbonyl (C=O) groups is 2. The van der Waals surface area contributed by atoms with Gasteiger partial charge in [0.05, 0.1) is 0 Å². The lowest BCUT2D eigenvalue weighted by molar-refractivity contribution is -0.163. The summed E-state index contributed by atoms with van der Waals surface area (Å²) in [6.45, 7) is 3.38. The molecule has 0 bridgehead atoms. The predicted molar refractivity (Wildman–Crippen MR) is 124 cm³/mol. The fraction of sp³-hybridized carbons (Fsp3) is 0.375. The highest BCUT2D eigenvalue weighted by molar-refractivity contribution is 5.84. The minimum Gasteiger partial charge on any atom is -0.480 e. The Morgan fingerprint density at radius 1 is 1.06 bits per heavy atom. The van der Waals surface area contributed by atoms with Crippen molar-refractivity contribution in [1.82, 2.24) is 25.5 Å². The van der Waals surface area contributed by atoms with E-state index < -0.39 is 24.2 Å². The number of aliphatic hydroxyl groups excluding tert-OH is 1. The zero-order chi connectivity index (χ0) is 24.7. The molecule has 1 aromatic heterocycles. The monoisotopic (exact) mass is 467 g/mol. The molecule has 34 heavy (non-hydrogen) atoms. The summed E-state index contributed by atoms with van der Waals surface area (Å²) in [6, 6.07) is 13.6. The predicted octanol–water partition coefficient (Wildman–Crippen LogP) is 2.45. The van der Waals surface area contributed by atoms with Crippen molar-refractivity contribution in [2.24, 2.45) is 5.92 Å². The summed E-state index contributed by atoms with van der Waals surface area (Å²) in [5.41, 5.74) is 3.31. The molecule has 0 radical (unpaired) electrons. The van der Waals surface area contributed by atoms with Crippen molar-refractivity contribution in [3.8, 4) is 22.5 Å². The first-order chi connectivity index (χ1) is 16.3. The molecule has 10 nitrogen and oxygen atoms in total. The number of unbranched alkanes of at least 4 members (excludes halogenated alkanes) is 1. The highest BCUT2D eigenvalue weighted by Gasteiger charge is 2.37. The van der Waals surface area contributed by atoms with Crippen LogP contribution in [0.25, 0.3) is 22.5 Å². The Bertz CT molecular complexity index is 1090. The number of nitrogens with one attached hydrogen (secondary N) is 1. The van der Waals surface area contributed by atoms with E-state index >= 15 is 0 Å². The molecule has 1 unspecified atom stereocenters. The number of carboxylic acids is 1. The van der Waals surface area contributed by atoms with Crippen molar-refractivity contribution in [2.45, 2.75) is 52.0 Å². The number of tetrazole rings is 1. The normalized spacial score (nSPS) is 13.0. The van der Waals surface area contributed by atoms with Crippen LogP contribution in [-0.2, 0) is 16.1 Å². The Balaban J connectivity index is 1.90. The summed E-state index contributed by atoms with van der Waals surface area (Å²) in [7, 11) is 0. The average Bonchev–Trinajstić information content (AvgIpc) is 3.37. The van der Waals surface area contributed by atoms with Gasteiger partial charge in [0, 0.05) is 24.4 Å². The molecule has 10 heteroatoms. The Morgan fingerprint density at radius 2 is 1.74 bits per heavy atom. The summed E-state index contributed by atoms with van der Waals surface area (Å²) in [4.78, 5) is 26.2. The summed E-state index contributed by atoms with van der Waals surface area (Å²) in [5, 5.41) is 43.2. The highest BCUT2D eigenvalue weighted by atomic mass is 16.5. The van der Waals surface area contributed by atoms with Gasteiger partial charge in [-0.3, -0.25) is 4.79 Å². The second-order valence-electron chi connectivity index (χ2n) is 8.16. The van der Waals surface area contributed by atoms with Crippen LogP contribution in [0.2, 0.25) is 0 Å². The van der Waals surface area contributed by atoms with Gasteiger partial charge in [-0.05, 0) is 28.3 Å². The van der Waals surface area contributed by atoms with Gasteiger partial charge in [-0.15, -0.1) is 10.2 Å². The van der Waals surface area contributed by atoms with E-state index in [9.17, 15) is 24.9 Å². The number of nitrogens with zero attached hydrogens (tertiary/aromatic N) is 4. The number of amides is 1. The van der Waals surface area contributed by atoms with Gasteiger partial charge in [0.15, 0.2) is 6.29 Å².